The number of ether oxygens (including phenoxy) is 2. The highest BCUT2D eigenvalue weighted by atomic mass is 32.1. The third-order valence-electron chi connectivity index (χ3n) is 16.3. The van der Waals surface area contributed by atoms with Crippen LogP contribution in [0.5, 0.6) is 11.5 Å². The van der Waals surface area contributed by atoms with E-state index in [1.165, 1.54) is 120 Å². The second-order valence-corrected chi connectivity index (χ2v) is 25.9. The largest absolute Gasteiger partial charge is 0.454 e. The summed E-state index contributed by atoms with van der Waals surface area (Å²) in [6.45, 7) is 27.6. The molecule has 4 heterocycles. The summed E-state index contributed by atoms with van der Waals surface area (Å²) in [5.41, 5.74) is 25.5. The lowest BCUT2D eigenvalue weighted by molar-refractivity contribution is 0.174. The molecule has 0 radical (unpaired) electrons. The summed E-state index contributed by atoms with van der Waals surface area (Å²) in [6, 6.07) is 63.0. The molecule has 13 rings (SSSR count). The second kappa shape index (κ2) is 17.2. The molecule has 0 unspecified atom stereocenters. The van der Waals surface area contributed by atoms with Crippen molar-refractivity contribution in [2.45, 2.75) is 99.3 Å². The summed E-state index contributed by atoms with van der Waals surface area (Å²) in [5, 5.41) is 2.62. The fraction of sp³-hybridized carbons (Fsp3) is 0.229. The van der Waals surface area contributed by atoms with Gasteiger partial charge in [0.25, 0.3) is 6.71 Å². The van der Waals surface area contributed by atoms with Crippen LogP contribution >= 0.6 is 11.3 Å². The molecule has 4 nitrogen and oxygen atoms in total. The number of hydrogen-bond donors (Lipinski definition) is 0. The number of aryl methyl sites for hydroxylation is 3. The van der Waals surface area contributed by atoms with Crippen LogP contribution in [0, 0.1) is 20.8 Å². The van der Waals surface area contributed by atoms with Crippen LogP contribution < -0.4 is 35.7 Å². The van der Waals surface area contributed by atoms with Crippen LogP contribution in [0.2, 0.25) is 0 Å². The van der Waals surface area contributed by atoms with Crippen LogP contribution in [-0.2, 0) is 16.2 Å². The molecule has 0 atom stereocenters. The van der Waals surface area contributed by atoms with Crippen molar-refractivity contribution in [3.05, 3.63) is 197 Å². The highest BCUT2D eigenvalue weighted by molar-refractivity contribution is 7.25. The molecule has 0 aliphatic carbocycles. The van der Waals surface area contributed by atoms with E-state index in [1.54, 1.807) is 0 Å². The number of rotatable bonds is 5. The van der Waals surface area contributed by atoms with E-state index in [-0.39, 0.29) is 29.8 Å². The van der Waals surface area contributed by atoms with Crippen molar-refractivity contribution in [3.8, 4) is 44.9 Å². The molecular formula is C70H65BN2O2S. The molecule has 0 N–H and O–H groups in total. The van der Waals surface area contributed by atoms with Gasteiger partial charge >= 0.3 is 0 Å². The van der Waals surface area contributed by atoms with Gasteiger partial charge < -0.3 is 19.3 Å². The van der Waals surface area contributed by atoms with Gasteiger partial charge in [-0.25, -0.2) is 0 Å². The Labute approximate surface area is 453 Å². The van der Waals surface area contributed by atoms with Gasteiger partial charge in [-0.2, -0.15) is 0 Å². The Morgan fingerprint density at radius 2 is 0.947 bits per heavy atom. The Kier molecular flexibility index (Phi) is 10.9. The van der Waals surface area contributed by atoms with E-state index in [0.29, 0.717) is 0 Å². The first-order chi connectivity index (χ1) is 36.3. The SMILES string of the molecule is Cc1cc2c3c(c1)N(c1c(C)cc(C(C)(C)C)cc1C)c1cc4c(cc1B3c1cc(-c3ccc5c(c3)sc3ccccc35)ccc1N2c1cc(-c2ccc(C(C)(C)C)cc2)cc(-c2ccc(C(C)(C)C)cc2)c1)OCO4. The molecule has 376 valence electrons. The van der Waals surface area contributed by atoms with Gasteiger partial charge in [-0.1, -0.05) is 165 Å². The minimum absolute atomic E-state index is 0.00643. The Morgan fingerprint density at radius 3 is 1.57 bits per heavy atom. The highest BCUT2D eigenvalue weighted by Gasteiger charge is 2.45. The van der Waals surface area contributed by atoms with Gasteiger partial charge in [0, 0.05) is 54.7 Å². The van der Waals surface area contributed by atoms with Crippen molar-refractivity contribution in [2.24, 2.45) is 0 Å². The van der Waals surface area contributed by atoms with E-state index in [1.807, 2.05) is 11.3 Å². The van der Waals surface area contributed by atoms with Crippen LogP contribution in [0.3, 0.4) is 0 Å². The highest BCUT2D eigenvalue weighted by Crippen LogP contribution is 2.50. The predicted octanol–water partition coefficient (Wildman–Crippen LogP) is 17.7. The van der Waals surface area contributed by atoms with E-state index in [4.69, 9.17) is 9.47 Å². The van der Waals surface area contributed by atoms with Gasteiger partial charge in [0.2, 0.25) is 6.79 Å². The summed E-state index contributed by atoms with van der Waals surface area (Å²) in [5.74, 6) is 1.56. The Hall–Kier alpha value is -7.54. The van der Waals surface area contributed by atoms with Crippen molar-refractivity contribution in [1.29, 1.82) is 0 Å². The first kappa shape index (κ1) is 48.1. The summed E-state index contributed by atoms with van der Waals surface area (Å²) in [6.07, 6.45) is 0. The maximum Gasteiger partial charge on any atom is 0.252 e. The lowest BCUT2D eigenvalue weighted by atomic mass is 9.33. The van der Waals surface area contributed by atoms with E-state index < -0.39 is 0 Å². The first-order valence-electron chi connectivity index (χ1n) is 27.0. The smallest absolute Gasteiger partial charge is 0.252 e. The normalized spacial score (nSPS) is 13.9. The van der Waals surface area contributed by atoms with E-state index in [2.05, 4.69) is 257 Å². The Morgan fingerprint density at radius 1 is 0.421 bits per heavy atom. The zero-order valence-corrected chi connectivity index (χ0v) is 46.8. The molecule has 6 heteroatoms. The van der Waals surface area contributed by atoms with Gasteiger partial charge in [0.1, 0.15) is 0 Å². The molecule has 10 aromatic rings. The molecule has 3 aliphatic rings. The average Bonchev–Trinajstić information content (AvgIpc) is 3.99. The molecule has 0 saturated heterocycles. The third-order valence-corrected chi connectivity index (χ3v) is 17.5. The van der Waals surface area contributed by atoms with E-state index in [9.17, 15) is 0 Å². The molecule has 0 fully saturated rings. The minimum atomic E-state index is -0.127. The zero-order valence-electron chi connectivity index (χ0n) is 46.0. The minimum Gasteiger partial charge on any atom is -0.454 e. The predicted molar refractivity (Wildman–Crippen MR) is 326 cm³/mol. The van der Waals surface area contributed by atoms with Crippen molar-refractivity contribution in [2.75, 3.05) is 16.6 Å². The topological polar surface area (TPSA) is 24.9 Å². The third kappa shape index (κ3) is 7.94. The fourth-order valence-corrected chi connectivity index (χ4v) is 13.4. The molecule has 3 aliphatic heterocycles. The number of nitrogens with zero attached hydrogens (tertiary/aromatic N) is 2. The number of anilines is 6. The number of hydrogen-bond acceptors (Lipinski definition) is 5. The van der Waals surface area contributed by atoms with Gasteiger partial charge in [0.15, 0.2) is 11.5 Å². The summed E-state index contributed by atoms with van der Waals surface area (Å²) in [4.78, 5) is 5.13. The van der Waals surface area contributed by atoms with Gasteiger partial charge in [-0.3, -0.25) is 0 Å². The van der Waals surface area contributed by atoms with E-state index in [0.717, 1.165) is 28.6 Å². The number of benzene rings is 9. The van der Waals surface area contributed by atoms with Crippen LogP contribution in [0.25, 0.3) is 53.6 Å². The second-order valence-electron chi connectivity index (χ2n) is 24.8. The van der Waals surface area contributed by atoms with Crippen molar-refractivity contribution >= 4 is 88.7 Å². The summed E-state index contributed by atoms with van der Waals surface area (Å²) < 4.78 is 15.2. The first-order valence-corrected chi connectivity index (χ1v) is 27.8. The zero-order chi connectivity index (χ0) is 52.7. The fourth-order valence-electron chi connectivity index (χ4n) is 12.3. The Balaban J connectivity index is 1.10. The molecule has 1 aromatic heterocycles. The van der Waals surface area contributed by atoms with Gasteiger partial charge in [0.05, 0.1) is 5.69 Å². The van der Waals surface area contributed by atoms with Crippen LogP contribution in [0.4, 0.5) is 34.1 Å². The lowest BCUT2D eigenvalue weighted by Gasteiger charge is -2.45. The number of thiophene rings is 1. The van der Waals surface area contributed by atoms with Crippen LogP contribution in [-0.4, -0.2) is 13.5 Å². The van der Waals surface area contributed by atoms with Gasteiger partial charge in [-0.15, -0.1) is 11.3 Å². The van der Waals surface area contributed by atoms with Crippen molar-refractivity contribution in [3.63, 3.8) is 0 Å². The van der Waals surface area contributed by atoms with E-state index >= 15 is 0 Å². The molecule has 9 aromatic carbocycles. The molecule has 0 spiro atoms. The van der Waals surface area contributed by atoms with Crippen molar-refractivity contribution in [1.82, 2.24) is 0 Å². The lowest BCUT2D eigenvalue weighted by Crippen LogP contribution is -2.61. The van der Waals surface area contributed by atoms with Crippen molar-refractivity contribution < 1.29 is 9.47 Å². The summed E-state index contributed by atoms with van der Waals surface area (Å²) >= 11 is 1.87. The van der Waals surface area contributed by atoms with Gasteiger partial charge in [-0.05, 0) is 175 Å². The monoisotopic (exact) mass is 1010 g/mol. The molecule has 0 bridgehead atoms. The van der Waals surface area contributed by atoms with Crippen LogP contribution in [0.1, 0.15) is 95.7 Å². The molecule has 0 saturated carbocycles. The molecular weight excluding hydrogens is 944 g/mol. The maximum absolute atomic E-state index is 6.30. The summed E-state index contributed by atoms with van der Waals surface area (Å²) in [7, 11) is 0. The average molecular weight is 1010 g/mol. The Bertz CT molecular complexity index is 3920. The maximum atomic E-state index is 6.30. The standard InChI is InChI=1S/C70H65BN2O2S/c1-41-29-60-66-61(30-41)73(67-42(2)31-52(32-43(67)3)70(10,11)12)59-39-63-62(74-40-75-63)38-57(59)71(66)56-36-46(47-21-27-55-54-15-13-14-16-64(54)76-65(55)37-47)22-28-58(56)72(60)53-34-48(44-17-23-50(24-18-44)68(4,5)6)33-49(35-53)45-19-25-51(26-20-45)69(7,8)9/h13-39H,40H2,1-12H3. The van der Waals surface area contributed by atoms with Crippen LogP contribution in [0.15, 0.2) is 164 Å². The molecule has 0 amide bonds. The molecule has 76 heavy (non-hydrogen) atoms. The number of fused-ring (bicyclic) bond motifs is 8. The quantitative estimate of drug-likeness (QED) is 0.160.